The van der Waals surface area contributed by atoms with Gasteiger partial charge in [0.1, 0.15) is 5.82 Å². The minimum Gasteiger partial charge on any atom is -0.267 e. The van der Waals surface area contributed by atoms with Crippen LogP contribution in [0.3, 0.4) is 0 Å². The third-order valence-electron chi connectivity index (χ3n) is 3.61. The van der Waals surface area contributed by atoms with Crippen LogP contribution in [0.1, 0.15) is 21.5 Å². The number of carbonyl (C=O) groups is 1. The zero-order valence-electron chi connectivity index (χ0n) is 13.9. The number of thioether (sulfide) groups is 1. The van der Waals surface area contributed by atoms with Crippen LogP contribution in [0.15, 0.2) is 88.9 Å². The van der Waals surface area contributed by atoms with Crippen LogP contribution in [0.4, 0.5) is 4.39 Å². The number of hydrogen-bond donors (Lipinski definition) is 1. The smallest absolute Gasteiger partial charge is 0.267 e. The molecule has 1 amide bonds. The van der Waals surface area contributed by atoms with E-state index in [9.17, 15) is 9.18 Å². The van der Waals surface area contributed by atoms with E-state index < -0.39 is 0 Å². The van der Waals surface area contributed by atoms with Gasteiger partial charge in [-0.1, -0.05) is 42.5 Å². The molecule has 0 saturated heterocycles. The first-order valence-corrected chi connectivity index (χ1v) is 9.05. The molecule has 0 bridgehead atoms. The normalized spacial score (nSPS) is 10.8. The molecule has 0 aromatic heterocycles. The fourth-order valence-corrected chi connectivity index (χ4v) is 3.09. The Morgan fingerprint density at radius 1 is 0.962 bits per heavy atom. The fraction of sp³-hybridized carbons (Fsp3) is 0.0476. The number of nitrogens with one attached hydrogen (secondary N) is 1. The van der Waals surface area contributed by atoms with E-state index in [1.165, 1.54) is 23.2 Å². The predicted octanol–water partition coefficient (Wildman–Crippen LogP) is 4.88. The number of hydrazone groups is 1. The Morgan fingerprint density at radius 2 is 1.65 bits per heavy atom. The van der Waals surface area contributed by atoms with Gasteiger partial charge in [-0.2, -0.15) is 5.10 Å². The molecule has 130 valence electrons. The molecule has 0 aliphatic rings. The quantitative estimate of drug-likeness (QED) is 0.385. The Kier molecular flexibility index (Phi) is 6.17. The van der Waals surface area contributed by atoms with Crippen LogP contribution in [-0.4, -0.2) is 12.1 Å². The van der Waals surface area contributed by atoms with Gasteiger partial charge in [-0.15, -0.1) is 11.8 Å². The van der Waals surface area contributed by atoms with Gasteiger partial charge in [0.2, 0.25) is 0 Å². The fourth-order valence-electron chi connectivity index (χ4n) is 2.21. The maximum absolute atomic E-state index is 12.8. The highest BCUT2D eigenvalue weighted by Crippen LogP contribution is 2.22. The molecule has 26 heavy (non-hydrogen) atoms. The molecule has 0 radical (unpaired) electrons. The average molecular weight is 364 g/mol. The highest BCUT2D eigenvalue weighted by molar-refractivity contribution is 7.98. The zero-order valence-corrected chi connectivity index (χ0v) is 14.7. The molecule has 0 atom stereocenters. The van der Waals surface area contributed by atoms with Gasteiger partial charge in [-0.05, 0) is 47.5 Å². The molecule has 0 fully saturated rings. The van der Waals surface area contributed by atoms with Crippen LogP contribution >= 0.6 is 11.8 Å². The van der Waals surface area contributed by atoms with Gasteiger partial charge in [-0.25, -0.2) is 9.82 Å². The van der Waals surface area contributed by atoms with Crippen molar-refractivity contribution in [1.82, 2.24) is 5.43 Å². The monoisotopic (exact) mass is 364 g/mol. The summed E-state index contributed by atoms with van der Waals surface area (Å²) < 4.78 is 12.8. The van der Waals surface area contributed by atoms with Crippen LogP contribution in [0.25, 0.3) is 0 Å². The molecule has 3 nitrogen and oxygen atoms in total. The van der Waals surface area contributed by atoms with Crippen LogP contribution < -0.4 is 5.43 Å². The molecule has 5 heteroatoms. The molecule has 1 N–H and O–H groups in total. The second-order valence-electron chi connectivity index (χ2n) is 5.55. The average Bonchev–Trinajstić information content (AvgIpc) is 2.69. The first kappa shape index (κ1) is 17.9. The Bertz CT molecular complexity index is 878. The lowest BCUT2D eigenvalue weighted by molar-refractivity contribution is 0.0955. The van der Waals surface area contributed by atoms with Gasteiger partial charge in [0.05, 0.1) is 6.21 Å². The van der Waals surface area contributed by atoms with Gasteiger partial charge in [0.15, 0.2) is 0 Å². The van der Waals surface area contributed by atoms with E-state index >= 15 is 0 Å². The van der Waals surface area contributed by atoms with E-state index in [4.69, 9.17) is 0 Å². The van der Waals surface area contributed by atoms with Crippen molar-refractivity contribution in [3.05, 3.63) is 101 Å². The maximum atomic E-state index is 12.8. The van der Waals surface area contributed by atoms with Crippen molar-refractivity contribution in [2.75, 3.05) is 0 Å². The number of hydrogen-bond acceptors (Lipinski definition) is 3. The second-order valence-corrected chi connectivity index (χ2v) is 6.60. The number of benzene rings is 3. The van der Waals surface area contributed by atoms with Gasteiger partial charge in [-0.3, -0.25) is 4.79 Å². The second kappa shape index (κ2) is 8.97. The first-order valence-electron chi connectivity index (χ1n) is 8.06. The van der Waals surface area contributed by atoms with Crippen LogP contribution in [0.5, 0.6) is 0 Å². The molecule has 0 spiro atoms. The Hall–Kier alpha value is -2.92. The Labute approximate surface area is 156 Å². The number of halogens is 1. The highest BCUT2D eigenvalue weighted by atomic mass is 32.2. The van der Waals surface area contributed by atoms with E-state index in [-0.39, 0.29) is 11.7 Å². The Balaban J connectivity index is 1.52. The van der Waals surface area contributed by atoms with Crippen molar-refractivity contribution >= 4 is 23.9 Å². The van der Waals surface area contributed by atoms with E-state index in [1.807, 2.05) is 30.3 Å². The van der Waals surface area contributed by atoms with Crippen molar-refractivity contribution in [3.8, 4) is 0 Å². The molecular weight excluding hydrogens is 347 g/mol. The summed E-state index contributed by atoms with van der Waals surface area (Å²) in [6, 6.07) is 23.5. The lowest BCUT2D eigenvalue weighted by atomic mass is 10.1. The van der Waals surface area contributed by atoms with Gasteiger partial charge in [0, 0.05) is 16.2 Å². The standard InChI is InChI=1S/C21H17FN2OS/c22-19-12-8-16(9-13-19)14-23-24-21(25)18-10-6-17(7-11-18)15-26-20-4-2-1-3-5-20/h1-14H,15H2,(H,24,25)/b23-14-. The lowest BCUT2D eigenvalue weighted by Gasteiger charge is -2.04. The Morgan fingerprint density at radius 3 is 2.35 bits per heavy atom. The van der Waals surface area contributed by atoms with Crippen molar-refractivity contribution in [2.45, 2.75) is 10.6 Å². The summed E-state index contributed by atoms with van der Waals surface area (Å²) in [6.07, 6.45) is 1.47. The molecular formula is C21H17FN2OS. The van der Waals surface area contributed by atoms with Gasteiger partial charge < -0.3 is 0 Å². The number of nitrogens with zero attached hydrogens (tertiary/aromatic N) is 1. The van der Waals surface area contributed by atoms with E-state index in [1.54, 1.807) is 36.0 Å². The van der Waals surface area contributed by atoms with Crippen molar-refractivity contribution < 1.29 is 9.18 Å². The van der Waals surface area contributed by atoms with Gasteiger partial charge in [0.25, 0.3) is 5.91 Å². The molecule has 0 heterocycles. The van der Waals surface area contributed by atoms with E-state index in [0.717, 1.165) is 11.3 Å². The number of amides is 1. The van der Waals surface area contributed by atoms with E-state index in [0.29, 0.717) is 11.1 Å². The highest BCUT2D eigenvalue weighted by Gasteiger charge is 2.04. The zero-order chi connectivity index (χ0) is 18.2. The van der Waals surface area contributed by atoms with Crippen LogP contribution in [0.2, 0.25) is 0 Å². The predicted molar refractivity (Wildman–Crippen MR) is 104 cm³/mol. The summed E-state index contributed by atoms with van der Waals surface area (Å²) in [4.78, 5) is 13.3. The molecule has 3 aromatic rings. The molecule has 3 rings (SSSR count). The number of carbonyl (C=O) groups excluding carboxylic acids is 1. The lowest BCUT2D eigenvalue weighted by Crippen LogP contribution is -2.17. The molecule has 0 aliphatic heterocycles. The number of rotatable bonds is 6. The minimum atomic E-state index is -0.309. The molecule has 3 aromatic carbocycles. The summed E-state index contributed by atoms with van der Waals surface area (Å²) in [5.74, 6) is 0.247. The summed E-state index contributed by atoms with van der Waals surface area (Å²) in [7, 11) is 0. The van der Waals surface area contributed by atoms with Crippen LogP contribution in [-0.2, 0) is 5.75 Å². The molecule has 0 saturated carbocycles. The minimum absolute atomic E-state index is 0.286. The molecule has 0 aliphatic carbocycles. The summed E-state index contributed by atoms with van der Waals surface area (Å²) in [6.45, 7) is 0. The summed E-state index contributed by atoms with van der Waals surface area (Å²) in [5, 5.41) is 3.89. The third-order valence-corrected chi connectivity index (χ3v) is 4.70. The first-order chi connectivity index (χ1) is 12.7. The van der Waals surface area contributed by atoms with Gasteiger partial charge >= 0.3 is 0 Å². The van der Waals surface area contributed by atoms with Crippen molar-refractivity contribution in [3.63, 3.8) is 0 Å². The third kappa shape index (κ3) is 5.29. The SMILES string of the molecule is O=C(N/N=C\c1ccc(F)cc1)c1ccc(CSc2ccccc2)cc1. The van der Waals surface area contributed by atoms with Crippen molar-refractivity contribution in [2.24, 2.45) is 5.10 Å². The van der Waals surface area contributed by atoms with Crippen molar-refractivity contribution in [1.29, 1.82) is 0 Å². The van der Waals surface area contributed by atoms with Crippen LogP contribution in [0, 0.1) is 5.82 Å². The van der Waals surface area contributed by atoms with E-state index in [2.05, 4.69) is 22.7 Å². The maximum Gasteiger partial charge on any atom is 0.271 e. The molecule has 0 unspecified atom stereocenters. The summed E-state index contributed by atoms with van der Waals surface area (Å²) >= 11 is 1.75. The topological polar surface area (TPSA) is 41.5 Å². The largest absolute Gasteiger partial charge is 0.271 e. The summed E-state index contributed by atoms with van der Waals surface area (Å²) in [5.41, 5.74) is 4.86.